The lowest BCUT2D eigenvalue weighted by atomic mass is 10.0. The summed E-state index contributed by atoms with van der Waals surface area (Å²) in [4.78, 5) is 0. The van der Waals surface area contributed by atoms with Crippen LogP contribution in [-0.2, 0) is 0 Å². The second kappa shape index (κ2) is 8.25. The van der Waals surface area contributed by atoms with Crippen molar-refractivity contribution >= 4 is 0 Å². The van der Waals surface area contributed by atoms with E-state index in [-0.39, 0.29) is 0 Å². The lowest BCUT2D eigenvalue weighted by molar-refractivity contribution is 0.400. The number of hydrogen-bond acceptors (Lipinski definition) is 2. The van der Waals surface area contributed by atoms with Crippen molar-refractivity contribution < 1.29 is 0 Å². The lowest BCUT2D eigenvalue weighted by Crippen LogP contribution is -2.37. The number of nitrogens with two attached hydrogens (primary N) is 1. The van der Waals surface area contributed by atoms with Crippen LogP contribution in [0.25, 0.3) is 0 Å². The maximum Gasteiger partial charge on any atom is 0.00482 e. The van der Waals surface area contributed by atoms with Crippen molar-refractivity contribution in [2.24, 2.45) is 11.7 Å². The molecule has 0 radical (unpaired) electrons. The fraction of sp³-hybridized carbons (Fsp3) is 1.00. The van der Waals surface area contributed by atoms with Gasteiger partial charge in [-0.25, -0.2) is 0 Å². The van der Waals surface area contributed by atoms with Gasteiger partial charge < -0.3 is 11.1 Å². The molecule has 0 aromatic rings. The van der Waals surface area contributed by atoms with Gasteiger partial charge in [-0.3, -0.25) is 0 Å². The predicted molar refractivity (Wildman–Crippen MR) is 64.4 cm³/mol. The zero-order valence-electron chi connectivity index (χ0n) is 10.3. The van der Waals surface area contributed by atoms with Crippen LogP contribution < -0.4 is 11.1 Å². The highest BCUT2D eigenvalue weighted by molar-refractivity contribution is 4.69. The number of nitrogens with one attached hydrogen (secondary N) is 1. The van der Waals surface area contributed by atoms with Crippen LogP contribution >= 0.6 is 0 Å². The summed E-state index contributed by atoms with van der Waals surface area (Å²) < 4.78 is 0. The molecular weight excluding hydrogens is 172 g/mol. The Bertz CT molecular complexity index is 123. The van der Waals surface area contributed by atoms with Crippen molar-refractivity contribution in [3.05, 3.63) is 0 Å². The van der Waals surface area contributed by atoms with Gasteiger partial charge in [0.05, 0.1) is 0 Å². The number of rotatable bonds is 8. The monoisotopic (exact) mass is 200 g/mol. The van der Waals surface area contributed by atoms with E-state index in [4.69, 9.17) is 5.73 Å². The van der Waals surface area contributed by atoms with E-state index in [0.717, 1.165) is 6.54 Å². The Morgan fingerprint density at radius 3 is 2.29 bits per heavy atom. The van der Waals surface area contributed by atoms with E-state index in [9.17, 15) is 0 Å². The lowest BCUT2D eigenvalue weighted by Gasteiger charge is -2.20. The molecule has 0 bridgehead atoms. The van der Waals surface area contributed by atoms with E-state index < -0.39 is 0 Å². The van der Waals surface area contributed by atoms with Crippen LogP contribution in [0, 0.1) is 5.92 Å². The van der Waals surface area contributed by atoms with Crippen LogP contribution in [0.3, 0.4) is 0 Å². The molecule has 3 unspecified atom stereocenters. The first-order chi connectivity index (χ1) is 6.57. The minimum Gasteiger partial charge on any atom is -0.328 e. The van der Waals surface area contributed by atoms with E-state index >= 15 is 0 Å². The summed E-state index contributed by atoms with van der Waals surface area (Å²) in [7, 11) is 0. The molecule has 14 heavy (non-hydrogen) atoms. The van der Waals surface area contributed by atoms with Crippen LogP contribution in [0.4, 0.5) is 0 Å². The average Bonchev–Trinajstić information content (AvgIpc) is 2.14. The summed E-state index contributed by atoms with van der Waals surface area (Å²) in [6, 6.07) is 0.938. The quantitative estimate of drug-likeness (QED) is 0.591. The van der Waals surface area contributed by atoms with E-state index in [1.54, 1.807) is 0 Å². The van der Waals surface area contributed by atoms with Crippen molar-refractivity contribution in [1.29, 1.82) is 0 Å². The third-order valence-electron chi connectivity index (χ3n) is 2.93. The van der Waals surface area contributed by atoms with Crippen molar-refractivity contribution in [1.82, 2.24) is 5.32 Å². The Morgan fingerprint density at radius 1 is 1.14 bits per heavy atom. The van der Waals surface area contributed by atoms with Gasteiger partial charge in [0, 0.05) is 12.1 Å². The van der Waals surface area contributed by atoms with Gasteiger partial charge in [-0.15, -0.1) is 0 Å². The standard InChI is InChI=1S/C12H28N2/c1-5-6-7-8-11(3)14-9-10(2)12(4)13/h10-12,14H,5-9,13H2,1-4H3. The summed E-state index contributed by atoms with van der Waals surface area (Å²) in [5.41, 5.74) is 5.80. The molecule has 0 aliphatic heterocycles. The maximum atomic E-state index is 5.80. The highest BCUT2D eigenvalue weighted by atomic mass is 14.9. The van der Waals surface area contributed by atoms with E-state index in [2.05, 4.69) is 33.0 Å². The molecule has 0 saturated heterocycles. The molecule has 2 heteroatoms. The normalized spacial score (nSPS) is 17.8. The van der Waals surface area contributed by atoms with Gasteiger partial charge in [0.2, 0.25) is 0 Å². The van der Waals surface area contributed by atoms with Crippen molar-refractivity contribution in [3.63, 3.8) is 0 Å². The molecule has 0 aromatic carbocycles. The van der Waals surface area contributed by atoms with Gasteiger partial charge in [-0.05, 0) is 32.7 Å². The Hall–Kier alpha value is -0.0800. The van der Waals surface area contributed by atoms with E-state index in [0.29, 0.717) is 18.0 Å². The predicted octanol–water partition coefficient (Wildman–Crippen LogP) is 2.53. The van der Waals surface area contributed by atoms with E-state index in [1.165, 1.54) is 25.7 Å². The average molecular weight is 200 g/mol. The first kappa shape index (κ1) is 13.9. The third kappa shape index (κ3) is 7.34. The molecule has 0 aromatic heterocycles. The van der Waals surface area contributed by atoms with Gasteiger partial charge in [-0.2, -0.15) is 0 Å². The number of hydrogen-bond donors (Lipinski definition) is 2. The zero-order chi connectivity index (χ0) is 11.0. The van der Waals surface area contributed by atoms with E-state index in [1.807, 2.05) is 0 Å². The Labute approximate surface area is 89.6 Å². The first-order valence-electron chi connectivity index (χ1n) is 6.06. The fourth-order valence-corrected chi connectivity index (χ4v) is 1.38. The molecule has 0 rings (SSSR count). The highest BCUT2D eigenvalue weighted by Gasteiger charge is 2.08. The van der Waals surface area contributed by atoms with Crippen LogP contribution in [0.1, 0.15) is 53.4 Å². The summed E-state index contributed by atoms with van der Waals surface area (Å²) in [6.07, 6.45) is 5.30. The van der Waals surface area contributed by atoms with Crippen LogP contribution in [-0.4, -0.2) is 18.6 Å². The van der Waals surface area contributed by atoms with Crippen molar-refractivity contribution in [2.75, 3.05) is 6.54 Å². The van der Waals surface area contributed by atoms with Gasteiger partial charge >= 0.3 is 0 Å². The minimum absolute atomic E-state index is 0.297. The molecule has 86 valence electrons. The Kier molecular flexibility index (Phi) is 8.20. The molecule has 0 aliphatic rings. The van der Waals surface area contributed by atoms with Crippen molar-refractivity contribution in [2.45, 2.75) is 65.5 Å². The molecule has 3 N–H and O–H groups in total. The Balaban J connectivity index is 3.38. The fourth-order valence-electron chi connectivity index (χ4n) is 1.38. The van der Waals surface area contributed by atoms with Crippen LogP contribution in [0.2, 0.25) is 0 Å². The minimum atomic E-state index is 0.297. The van der Waals surface area contributed by atoms with Gasteiger partial charge in [-0.1, -0.05) is 33.1 Å². The molecule has 0 aliphatic carbocycles. The largest absolute Gasteiger partial charge is 0.328 e. The van der Waals surface area contributed by atoms with Crippen molar-refractivity contribution in [3.8, 4) is 0 Å². The smallest absolute Gasteiger partial charge is 0.00482 e. The summed E-state index contributed by atoms with van der Waals surface area (Å²) >= 11 is 0. The summed E-state index contributed by atoms with van der Waals surface area (Å²) in [5.74, 6) is 0.573. The second-order valence-corrected chi connectivity index (χ2v) is 4.64. The molecule has 0 heterocycles. The SMILES string of the molecule is CCCCCC(C)NCC(C)C(C)N. The second-order valence-electron chi connectivity index (χ2n) is 4.64. The molecule has 2 nitrogen and oxygen atoms in total. The van der Waals surface area contributed by atoms with Crippen LogP contribution in [0.5, 0.6) is 0 Å². The molecule has 0 amide bonds. The maximum absolute atomic E-state index is 5.80. The molecule has 0 spiro atoms. The zero-order valence-corrected chi connectivity index (χ0v) is 10.3. The Morgan fingerprint density at radius 2 is 1.79 bits per heavy atom. The van der Waals surface area contributed by atoms with Gasteiger partial charge in [0.25, 0.3) is 0 Å². The van der Waals surface area contributed by atoms with Gasteiger partial charge in [0.15, 0.2) is 0 Å². The molecule has 0 fully saturated rings. The van der Waals surface area contributed by atoms with Crippen LogP contribution in [0.15, 0.2) is 0 Å². The molecule has 3 atom stereocenters. The third-order valence-corrected chi connectivity index (χ3v) is 2.93. The number of unbranched alkanes of at least 4 members (excludes halogenated alkanes) is 2. The topological polar surface area (TPSA) is 38.0 Å². The molecular formula is C12H28N2. The molecule has 0 saturated carbocycles. The summed E-state index contributed by atoms with van der Waals surface area (Å²) in [6.45, 7) is 9.84. The highest BCUT2D eigenvalue weighted by Crippen LogP contribution is 2.04. The summed E-state index contributed by atoms with van der Waals surface area (Å²) in [5, 5.41) is 3.54. The first-order valence-corrected chi connectivity index (χ1v) is 6.06. The van der Waals surface area contributed by atoms with Gasteiger partial charge in [0.1, 0.15) is 0 Å².